The van der Waals surface area contributed by atoms with Gasteiger partial charge in [0, 0.05) is 26.3 Å². The highest BCUT2D eigenvalue weighted by atomic mass is 16.5. The second-order valence-corrected chi connectivity index (χ2v) is 6.56. The minimum atomic E-state index is -0.724. The molecule has 2 unspecified atom stereocenters. The molecular weight excluding hydrogens is 264 g/mol. The third-order valence-corrected chi connectivity index (χ3v) is 4.84. The summed E-state index contributed by atoms with van der Waals surface area (Å²) in [5.74, 6) is 0.944. The van der Waals surface area contributed by atoms with E-state index in [9.17, 15) is 5.11 Å². The quantitative estimate of drug-likeness (QED) is 0.944. The second kappa shape index (κ2) is 5.11. The number of aromatic nitrogens is 2. The lowest BCUT2D eigenvalue weighted by Gasteiger charge is -2.43. The molecule has 1 N–H and O–H groups in total. The summed E-state index contributed by atoms with van der Waals surface area (Å²) in [5.41, 5.74) is 1.15. The number of aryl methyl sites for hydroxylation is 1. The number of benzene rings is 1. The van der Waals surface area contributed by atoms with Crippen molar-refractivity contribution < 1.29 is 9.84 Å². The molecule has 2 atom stereocenters. The molecule has 1 aromatic carbocycles. The first-order chi connectivity index (χ1) is 9.95. The number of hydrogen-bond donors (Lipinski definition) is 1. The van der Waals surface area contributed by atoms with Gasteiger partial charge in [-0.2, -0.15) is 0 Å². The zero-order chi connectivity index (χ0) is 15.1. The van der Waals surface area contributed by atoms with E-state index in [1.165, 1.54) is 0 Å². The lowest BCUT2D eigenvalue weighted by Crippen LogP contribution is -2.48. The maximum absolute atomic E-state index is 11.0. The van der Waals surface area contributed by atoms with Crippen LogP contribution in [0.15, 0.2) is 24.3 Å². The molecule has 2 aromatic rings. The van der Waals surface area contributed by atoms with E-state index < -0.39 is 5.60 Å². The Morgan fingerprint density at radius 3 is 2.86 bits per heavy atom. The van der Waals surface area contributed by atoms with Crippen molar-refractivity contribution in [1.82, 2.24) is 9.55 Å². The van der Waals surface area contributed by atoms with E-state index in [1.54, 1.807) is 0 Å². The molecule has 1 aromatic heterocycles. The highest BCUT2D eigenvalue weighted by Gasteiger charge is 2.41. The summed E-state index contributed by atoms with van der Waals surface area (Å²) in [4.78, 5) is 4.69. The third kappa shape index (κ3) is 2.70. The van der Waals surface area contributed by atoms with Crippen molar-refractivity contribution in [3.63, 3.8) is 0 Å². The number of para-hydroxylation sites is 2. The summed E-state index contributed by atoms with van der Waals surface area (Å²) in [6.45, 7) is 4.82. The molecule has 0 saturated carbocycles. The van der Waals surface area contributed by atoms with Crippen LogP contribution in [-0.4, -0.2) is 32.5 Å². The highest BCUT2D eigenvalue weighted by molar-refractivity contribution is 5.75. The van der Waals surface area contributed by atoms with E-state index in [-0.39, 0.29) is 5.60 Å². The van der Waals surface area contributed by atoms with Crippen LogP contribution in [0.2, 0.25) is 0 Å². The number of nitrogens with zero attached hydrogens (tertiary/aromatic N) is 2. The van der Waals surface area contributed by atoms with Gasteiger partial charge in [-0.05, 0) is 25.5 Å². The van der Waals surface area contributed by atoms with Crippen molar-refractivity contribution in [2.75, 3.05) is 6.61 Å². The van der Waals surface area contributed by atoms with Gasteiger partial charge in [0.15, 0.2) is 0 Å². The number of imidazole rings is 1. The van der Waals surface area contributed by atoms with Gasteiger partial charge in [-0.15, -0.1) is 0 Å². The number of fused-ring (bicyclic) bond motifs is 1. The van der Waals surface area contributed by atoms with Crippen LogP contribution in [0.4, 0.5) is 0 Å². The van der Waals surface area contributed by atoms with Crippen molar-refractivity contribution in [2.24, 2.45) is 7.05 Å². The molecule has 0 bridgehead atoms. The SMILES string of the molecule is CCC1(C)CC(O)(Cc2nc3ccccc3n2C)CCO1. The molecule has 1 fully saturated rings. The molecule has 114 valence electrons. The van der Waals surface area contributed by atoms with E-state index in [4.69, 9.17) is 4.74 Å². The lowest BCUT2D eigenvalue weighted by molar-refractivity contribution is -0.153. The molecule has 1 aliphatic rings. The molecule has 0 spiro atoms. The summed E-state index contributed by atoms with van der Waals surface area (Å²) in [5, 5.41) is 11.0. The first kappa shape index (κ1) is 14.5. The molecular formula is C17H24N2O2. The van der Waals surface area contributed by atoms with Gasteiger partial charge in [-0.1, -0.05) is 19.1 Å². The van der Waals surface area contributed by atoms with E-state index >= 15 is 0 Å². The van der Waals surface area contributed by atoms with Crippen LogP contribution in [0.25, 0.3) is 11.0 Å². The average Bonchev–Trinajstić information content (AvgIpc) is 2.75. The molecule has 1 aliphatic heterocycles. The maximum atomic E-state index is 11.0. The standard InChI is InChI=1S/C17H24N2O2/c1-4-16(2)12-17(20,9-10-21-16)11-15-18-13-7-5-6-8-14(13)19(15)3/h5-8,20H,4,9-12H2,1-3H3. The van der Waals surface area contributed by atoms with Gasteiger partial charge < -0.3 is 14.4 Å². The molecule has 0 radical (unpaired) electrons. The van der Waals surface area contributed by atoms with Gasteiger partial charge in [-0.3, -0.25) is 0 Å². The maximum Gasteiger partial charge on any atom is 0.112 e. The summed E-state index contributed by atoms with van der Waals surface area (Å²) in [7, 11) is 2.02. The topological polar surface area (TPSA) is 47.3 Å². The fraction of sp³-hybridized carbons (Fsp3) is 0.588. The predicted molar refractivity (Wildman–Crippen MR) is 83.2 cm³/mol. The van der Waals surface area contributed by atoms with E-state index in [1.807, 2.05) is 25.2 Å². The minimum Gasteiger partial charge on any atom is -0.389 e. The molecule has 21 heavy (non-hydrogen) atoms. The number of rotatable bonds is 3. The first-order valence-electron chi connectivity index (χ1n) is 7.71. The summed E-state index contributed by atoms with van der Waals surface area (Å²) in [6, 6.07) is 8.10. The predicted octanol–water partition coefficient (Wildman–Crippen LogP) is 2.83. The monoisotopic (exact) mass is 288 g/mol. The molecule has 4 heteroatoms. The second-order valence-electron chi connectivity index (χ2n) is 6.56. The van der Waals surface area contributed by atoms with Crippen molar-refractivity contribution in [3.05, 3.63) is 30.1 Å². The fourth-order valence-corrected chi connectivity index (χ4v) is 3.35. The van der Waals surface area contributed by atoms with Gasteiger partial charge in [0.1, 0.15) is 5.82 Å². The van der Waals surface area contributed by atoms with Crippen LogP contribution < -0.4 is 0 Å². The largest absolute Gasteiger partial charge is 0.389 e. The minimum absolute atomic E-state index is 0.225. The third-order valence-electron chi connectivity index (χ3n) is 4.84. The van der Waals surface area contributed by atoms with Crippen LogP contribution in [0, 0.1) is 0 Å². The van der Waals surface area contributed by atoms with E-state index in [0.717, 1.165) is 23.3 Å². The van der Waals surface area contributed by atoms with Gasteiger partial charge in [0.2, 0.25) is 0 Å². The Kier molecular flexibility index (Phi) is 3.54. The zero-order valence-electron chi connectivity index (χ0n) is 13.1. The Bertz CT molecular complexity index is 651. The van der Waals surface area contributed by atoms with Crippen molar-refractivity contribution in [3.8, 4) is 0 Å². The normalized spacial score (nSPS) is 29.9. The van der Waals surface area contributed by atoms with Crippen LogP contribution in [-0.2, 0) is 18.2 Å². The molecule has 0 aliphatic carbocycles. The smallest absolute Gasteiger partial charge is 0.112 e. The lowest BCUT2D eigenvalue weighted by atomic mass is 9.80. The van der Waals surface area contributed by atoms with Crippen molar-refractivity contribution in [2.45, 2.75) is 50.7 Å². The Balaban J connectivity index is 1.89. The van der Waals surface area contributed by atoms with E-state index in [2.05, 4.69) is 29.5 Å². The summed E-state index contributed by atoms with van der Waals surface area (Å²) < 4.78 is 7.94. The summed E-state index contributed by atoms with van der Waals surface area (Å²) in [6.07, 6.45) is 2.83. The van der Waals surface area contributed by atoms with Crippen LogP contribution >= 0.6 is 0 Å². The molecule has 4 nitrogen and oxygen atoms in total. The number of ether oxygens (including phenoxy) is 1. The van der Waals surface area contributed by atoms with Crippen LogP contribution in [0.5, 0.6) is 0 Å². The molecule has 0 amide bonds. The Morgan fingerprint density at radius 1 is 1.38 bits per heavy atom. The van der Waals surface area contributed by atoms with Crippen molar-refractivity contribution in [1.29, 1.82) is 0 Å². The Hall–Kier alpha value is -1.39. The zero-order valence-corrected chi connectivity index (χ0v) is 13.1. The van der Waals surface area contributed by atoms with Gasteiger partial charge in [0.25, 0.3) is 0 Å². The molecule has 3 rings (SSSR count). The van der Waals surface area contributed by atoms with Gasteiger partial charge in [-0.25, -0.2) is 4.98 Å². The Morgan fingerprint density at radius 2 is 2.14 bits per heavy atom. The molecule has 1 saturated heterocycles. The van der Waals surface area contributed by atoms with Crippen LogP contribution in [0.3, 0.4) is 0 Å². The van der Waals surface area contributed by atoms with Crippen LogP contribution in [0.1, 0.15) is 38.9 Å². The molecule has 2 heterocycles. The van der Waals surface area contributed by atoms with Gasteiger partial charge >= 0.3 is 0 Å². The number of hydrogen-bond acceptors (Lipinski definition) is 3. The first-order valence-corrected chi connectivity index (χ1v) is 7.71. The summed E-state index contributed by atoms with van der Waals surface area (Å²) >= 11 is 0. The van der Waals surface area contributed by atoms with Gasteiger partial charge in [0.05, 0.1) is 28.8 Å². The fourth-order valence-electron chi connectivity index (χ4n) is 3.35. The number of aliphatic hydroxyl groups is 1. The average molecular weight is 288 g/mol. The highest BCUT2D eigenvalue weighted by Crippen LogP contribution is 2.36. The van der Waals surface area contributed by atoms with E-state index in [0.29, 0.717) is 25.9 Å². The van der Waals surface area contributed by atoms with Crippen molar-refractivity contribution >= 4 is 11.0 Å². The Labute approximate surface area is 125 Å².